The second-order valence-electron chi connectivity index (χ2n) is 5.66. The van der Waals surface area contributed by atoms with Crippen molar-refractivity contribution >= 4 is 11.8 Å². The van der Waals surface area contributed by atoms with Gasteiger partial charge in [-0.2, -0.15) is 4.98 Å². The molecule has 0 radical (unpaired) electrons. The maximum Gasteiger partial charge on any atom is 0.255 e. The molecule has 1 aliphatic heterocycles. The summed E-state index contributed by atoms with van der Waals surface area (Å²) in [6.45, 7) is 3.68. The van der Waals surface area contributed by atoms with E-state index in [-0.39, 0.29) is 28.5 Å². The SMILES string of the molecule is CSc1c(F)cc(-c2noc(C(C)OC3CCNCC3)n2)cc1F. The Kier molecular flexibility index (Phi) is 5.47. The Labute approximate surface area is 143 Å². The van der Waals surface area contributed by atoms with Crippen molar-refractivity contribution < 1.29 is 18.0 Å². The van der Waals surface area contributed by atoms with E-state index in [0.717, 1.165) is 37.7 Å². The first-order chi connectivity index (χ1) is 11.6. The second kappa shape index (κ2) is 7.58. The highest BCUT2D eigenvalue weighted by Crippen LogP contribution is 2.29. The number of hydrogen-bond acceptors (Lipinski definition) is 6. The summed E-state index contributed by atoms with van der Waals surface area (Å²) in [5.74, 6) is -0.819. The number of aromatic nitrogens is 2. The molecular formula is C16H19F2N3O2S. The van der Waals surface area contributed by atoms with Gasteiger partial charge in [0.25, 0.3) is 5.89 Å². The number of hydrogen-bond donors (Lipinski definition) is 1. The summed E-state index contributed by atoms with van der Waals surface area (Å²) in [5, 5.41) is 7.09. The third kappa shape index (κ3) is 3.76. The van der Waals surface area contributed by atoms with Crippen LogP contribution in [-0.2, 0) is 4.74 Å². The van der Waals surface area contributed by atoms with E-state index in [1.807, 2.05) is 6.92 Å². The third-order valence-corrected chi connectivity index (χ3v) is 4.73. The highest BCUT2D eigenvalue weighted by molar-refractivity contribution is 7.98. The minimum absolute atomic E-state index is 0.0231. The van der Waals surface area contributed by atoms with E-state index in [2.05, 4.69) is 15.5 Å². The van der Waals surface area contributed by atoms with Crippen LogP contribution in [0.15, 0.2) is 21.6 Å². The van der Waals surface area contributed by atoms with Crippen LogP contribution in [0, 0.1) is 11.6 Å². The third-order valence-electron chi connectivity index (χ3n) is 3.93. The van der Waals surface area contributed by atoms with Crippen LogP contribution in [0.2, 0.25) is 0 Å². The van der Waals surface area contributed by atoms with E-state index < -0.39 is 11.6 Å². The van der Waals surface area contributed by atoms with Gasteiger partial charge in [-0.05, 0) is 51.2 Å². The Morgan fingerprint density at radius 2 is 1.96 bits per heavy atom. The summed E-state index contributed by atoms with van der Waals surface area (Å²) in [7, 11) is 0. The zero-order valence-corrected chi connectivity index (χ0v) is 14.3. The van der Waals surface area contributed by atoms with Gasteiger partial charge in [0.05, 0.1) is 11.0 Å². The molecule has 1 saturated heterocycles. The largest absolute Gasteiger partial charge is 0.365 e. The average molecular weight is 355 g/mol. The summed E-state index contributed by atoms with van der Waals surface area (Å²) < 4.78 is 38.9. The van der Waals surface area contributed by atoms with E-state index in [9.17, 15) is 8.78 Å². The van der Waals surface area contributed by atoms with Crippen LogP contribution in [0.5, 0.6) is 0 Å². The van der Waals surface area contributed by atoms with Crippen LogP contribution < -0.4 is 5.32 Å². The van der Waals surface area contributed by atoms with Crippen LogP contribution in [0.25, 0.3) is 11.4 Å². The first-order valence-electron chi connectivity index (χ1n) is 7.81. The number of thioether (sulfide) groups is 1. The maximum absolute atomic E-state index is 13.9. The molecule has 1 atom stereocenters. The van der Waals surface area contributed by atoms with Crippen molar-refractivity contribution in [2.24, 2.45) is 0 Å². The first-order valence-corrected chi connectivity index (χ1v) is 9.04. The number of nitrogens with one attached hydrogen (secondary N) is 1. The molecule has 5 nitrogen and oxygen atoms in total. The van der Waals surface area contributed by atoms with Gasteiger partial charge in [0.2, 0.25) is 5.82 Å². The summed E-state index contributed by atoms with van der Waals surface area (Å²) >= 11 is 1.02. The molecular weight excluding hydrogens is 336 g/mol. The zero-order chi connectivity index (χ0) is 17.1. The molecule has 1 unspecified atom stereocenters. The van der Waals surface area contributed by atoms with E-state index in [4.69, 9.17) is 9.26 Å². The second-order valence-corrected chi connectivity index (χ2v) is 6.47. The Morgan fingerprint density at radius 1 is 1.29 bits per heavy atom. The number of piperidine rings is 1. The Hall–Kier alpha value is -1.51. The van der Waals surface area contributed by atoms with Crippen molar-refractivity contribution in [1.82, 2.24) is 15.5 Å². The van der Waals surface area contributed by atoms with Crippen molar-refractivity contribution in [3.05, 3.63) is 29.7 Å². The van der Waals surface area contributed by atoms with E-state index in [0.29, 0.717) is 5.89 Å². The van der Waals surface area contributed by atoms with Gasteiger partial charge in [0, 0.05) is 5.56 Å². The van der Waals surface area contributed by atoms with E-state index in [1.165, 1.54) is 12.1 Å². The molecule has 1 N–H and O–H groups in total. The van der Waals surface area contributed by atoms with Gasteiger partial charge in [-0.1, -0.05) is 5.16 Å². The summed E-state index contributed by atoms with van der Waals surface area (Å²) in [4.78, 5) is 4.20. The van der Waals surface area contributed by atoms with Gasteiger partial charge in [0.1, 0.15) is 17.7 Å². The number of halogens is 2. The minimum Gasteiger partial charge on any atom is -0.365 e. The topological polar surface area (TPSA) is 60.2 Å². The van der Waals surface area contributed by atoms with Crippen molar-refractivity contribution in [2.45, 2.75) is 36.9 Å². The fourth-order valence-electron chi connectivity index (χ4n) is 2.68. The van der Waals surface area contributed by atoms with Crippen LogP contribution >= 0.6 is 11.8 Å². The summed E-state index contributed by atoms with van der Waals surface area (Å²) in [6, 6.07) is 2.42. The van der Waals surface area contributed by atoms with Gasteiger partial charge in [-0.3, -0.25) is 0 Å². The molecule has 0 saturated carbocycles. The van der Waals surface area contributed by atoms with Gasteiger partial charge in [-0.25, -0.2) is 8.78 Å². The summed E-state index contributed by atoms with van der Waals surface area (Å²) in [5.41, 5.74) is 0.242. The molecule has 0 amide bonds. The zero-order valence-electron chi connectivity index (χ0n) is 13.5. The maximum atomic E-state index is 13.9. The standard InChI is InChI=1S/C16H19F2N3O2S/c1-9(22-11-3-5-19-6-4-11)16-20-15(21-23-16)10-7-12(17)14(24-2)13(18)8-10/h7-9,11,19H,3-6H2,1-2H3. The monoisotopic (exact) mass is 355 g/mol. The highest BCUT2D eigenvalue weighted by Gasteiger charge is 2.22. The molecule has 8 heteroatoms. The average Bonchev–Trinajstić information content (AvgIpc) is 3.05. The van der Waals surface area contributed by atoms with Gasteiger partial charge < -0.3 is 14.6 Å². The Bertz CT molecular complexity index is 681. The molecule has 0 bridgehead atoms. The molecule has 2 heterocycles. The van der Waals surface area contributed by atoms with E-state index >= 15 is 0 Å². The highest BCUT2D eigenvalue weighted by atomic mass is 32.2. The Balaban J connectivity index is 1.75. The van der Waals surface area contributed by atoms with Gasteiger partial charge in [-0.15, -0.1) is 11.8 Å². The molecule has 1 aliphatic rings. The molecule has 0 aliphatic carbocycles. The molecule has 1 aromatic carbocycles. The number of benzene rings is 1. The molecule has 2 aromatic rings. The van der Waals surface area contributed by atoms with Crippen molar-refractivity contribution in [1.29, 1.82) is 0 Å². The molecule has 1 aromatic heterocycles. The number of rotatable bonds is 5. The lowest BCUT2D eigenvalue weighted by atomic mass is 10.1. The van der Waals surface area contributed by atoms with Crippen LogP contribution in [0.4, 0.5) is 8.78 Å². The normalized spacial score (nSPS) is 17.2. The Morgan fingerprint density at radius 3 is 2.58 bits per heavy atom. The van der Waals surface area contributed by atoms with Crippen LogP contribution in [-0.4, -0.2) is 35.6 Å². The number of ether oxygens (including phenoxy) is 1. The smallest absolute Gasteiger partial charge is 0.255 e. The summed E-state index contributed by atoms with van der Waals surface area (Å²) in [6.07, 6.45) is 3.25. The fourth-order valence-corrected chi connectivity index (χ4v) is 3.19. The van der Waals surface area contributed by atoms with Crippen LogP contribution in [0.3, 0.4) is 0 Å². The fraction of sp³-hybridized carbons (Fsp3) is 0.500. The minimum atomic E-state index is -0.636. The predicted molar refractivity (Wildman–Crippen MR) is 86.8 cm³/mol. The van der Waals surface area contributed by atoms with Crippen LogP contribution in [0.1, 0.15) is 31.8 Å². The predicted octanol–water partition coefficient (Wildman–Crippen LogP) is 3.57. The lowest BCUT2D eigenvalue weighted by Crippen LogP contribution is -2.33. The molecule has 130 valence electrons. The van der Waals surface area contributed by atoms with Gasteiger partial charge in [0.15, 0.2) is 0 Å². The van der Waals surface area contributed by atoms with Gasteiger partial charge >= 0.3 is 0 Å². The lowest BCUT2D eigenvalue weighted by molar-refractivity contribution is -0.0326. The van der Waals surface area contributed by atoms with Crippen molar-refractivity contribution in [3.63, 3.8) is 0 Å². The lowest BCUT2D eigenvalue weighted by Gasteiger charge is -2.24. The number of nitrogens with zero attached hydrogens (tertiary/aromatic N) is 2. The molecule has 24 heavy (non-hydrogen) atoms. The van der Waals surface area contributed by atoms with Crippen molar-refractivity contribution in [3.8, 4) is 11.4 Å². The molecule has 0 spiro atoms. The quantitative estimate of drug-likeness (QED) is 0.828. The molecule has 3 rings (SSSR count). The molecule has 1 fully saturated rings. The van der Waals surface area contributed by atoms with E-state index in [1.54, 1.807) is 6.26 Å². The first kappa shape index (κ1) is 17.3. The van der Waals surface area contributed by atoms with Crippen molar-refractivity contribution in [2.75, 3.05) is 19.3 Å².